The second kappa shape index (κ2) is 8.51. The summed E-state index contributed by atoms with van der Waals surface area (Å²) in [6.07, 6.45) is 1.32. The molecule has 0 radical (unpaired) electrons. The van der Waals surface area contributed by atoms with Crippen LogP contribution in [0.15, 0.2) is 36.5 Å². The van der Waals surface area contributed by atoms with Crippen LogP contribution in [-0.2, 0) is 11.0 Å². The summed E-state index contributed by atoms with van der Waals surface area (Å²) in [5.74, 6) is 0.694. The summed E-state index contributed by atoms with van der Waals surface area (Å²) in [7, 11) is 0. The number of aromatic nitrogens is 2. The van der Waals surface area contributed by atoms with E-state index in [9.17, 15) is 18.0 Å². The van der Waals surface area contributed by atoms with Crippen molar-refractivity contribution in [2.75, 3.05) is 0 Å². The highest BCUT2D eigenvalue weighted by Gasteiger charge is 2.35. The van der Waals surface area contributed by atoms with E-state index in [1.54, 1.807) is 25.3 Å². The van der Waals surface area contributed by atoms with Crippen molar-refractivity contribution in [3.8, 4) is 11.6 Å². The van der Waals surface area contributed by atoms with Crippen molar-refractivity contribution in [2.45, 2.75) is 26.4 Å². The van der Waals surface area contributed by atoms with Crippen LogP contribution in [0.2, 0.25) is 5.02 Å². The van der Waals surface area contributed by atoms with Gasteiger partial charge in [0, 0.05) is 18.7 Å². The average Bonchev–Trinajstić information content (AvgIpc) is 3.08. The lowest BCUT2D eigenvalue weighted by Gasteiger charge is -2.07. The van der Waals surface area contributed by atoms with Crippen LogP contribution in [0.3, 0.4) is 0 Å². The van der Waals surface area contributed by atoms with E-state index in [1.807, 2.05) is 19.1 Å². The zero-order valence-corrected chi connectivity index (χ0v) is 17.0. The summed E-state index contributed by atoms with van der Waals surface area (Å²) >= 11 is 6.69. The number of benzene rings is 1. The molecule has 0 spiro atoms. The van der Waals surface area contributed by atoms with Crippen LogP contribution in [0.25, 0.3) is 16.3 Å². The second-order valence-corrected chi connectivity index (χ2v) is 7.89. The molecule has 4 nitrogen and oxygen atoms in total. The first-order chi connectivity index (χ1) is 13.6. The number of hydrogen-bond donors (Lipinski definition) is 0. The average molecular weight is 441 g/mol. The number of carbonyl (C=O) groups is 1. The molecule has 2 aromatic heterocycles. The number of rotatable bonds is 6. The molecular formula is C20H16ClF3N2O2S. The number of Topliss-reactive ketones (excluding diaryl/α,β-unsaturated/α-hetero) is 1. The molecule has 0 N–H and O–H groups in total. The molecule has 0 bridgehead atoms. The lowest BCUT2D eigenvalue weighted by Crippen LogP contribution is -2.03. The predicted molar refractivity (Wildman–Crippen MR) is 107 cm³/mol. The molecule has 0 fully saturated rings. The number of ether oxygens (including phenoxy) is 1. The predicted octanol–water partition coefficient (Wildman–Crippen LogP) is 6.78. The van der Waals surface area contributed by atoms with E-state index in [1.165, 1.54) is 12.1 Å². The smallest absolute Gasteiger partial charge is 0.437 e. The number of halogens is 4. The van der Waals surface area contributed by atoms with Crippen LogP contribution in [-0.4, -0.2) is 15.8 Å². The highest BCUT2D eigenvalue weighted by molar-refractivity contribution is 7.19. The third kappa shape index (κ3) is 5.33. The van der Waals surface area contributed by atoms with E-state index < -0.39 is 11.2 Å². The number of ketones is 1. The summed E-state index contributed by atoms with van der Waals surface area (Å²) < 4.78 is 44.4. The number of thiazole rings is 1. The van der Waals surface area contributed by atoms with Gasteiger partial charge in [-0.2, -0.15) is 13.2 Å². The fourth-order valence-corrected chi connectivity index (χ4v) is 3.78. The molecular weight excluding hydrogens is 425 g/mol. The Hall–Kier alpha value is -2.45. The van der Waals surface area contributed by atoms with Crippen LogP contribution in [0.1, 0.15) is 30.8 Å². The van der Waals surface area contributed by atoms with Crippen LogP contribution >= 0.6 is 22.9 Å². The molecule has 3 rings (SSSR count). The molecule has 152 valence electrons. The molecule has 29 heavy (non-hydrogen) atoms. The second-order valence-electron chi connectivity index (χ2n) is 6.52. The summed E-state index contributed by atoms with van der Waals surface area (Å²) in [5, 5.41) is -0.904. The van der Waals surface area contributed by atoms with Gasteiger partial charge in [0.25, 0.3) is 0 Å². The first-order valence-electron chi connectivity index (χ1n) is 8.61. The minimum absolute atomic E-state index is 0.0549. The lowest BCUT2D eigenvalue weighted by atomic mass is 10.0. The molecule has 0 saturated heterocycles. The van der Waals surface area contributed by atoms with Crippen molar-refractivity contribution < 1.29 is 22.7 Å². The number of allylic oxidation sites excluding steroid dienone is 1. The standard InChI is InChI=1S/C20H16ClF3N2O2S/c1-11(9-12(2)27)3-4-13-5-8-16(25-10-13)28-15-7-6-14-18(17(15)21)29-19(26-14)20(22,23)24/h3-8,10-11H,9H2,1-2H3. The normalized spacial score (nSPS) is 13.2. The van der Waals surface area contributed by atoms with E-state index in [2.05, 4.69) is 9.97 Å². The molecule has 0 amide bonds. The minimum Gasteiger partial charge on any atom is -0.437 e. The van der Waals surface area contributed by atoms with Gasteiger partial charge in [-0.3, -0.25) is 0 Å². The van der Waals surface area contributed by atoms with Gasteiger partial charge in [0.05, 0.1) is 10.2 Å². The summed E-state index contributed by atoms with van der Waals surface area (Å²) in [6, 6.07) is 6.29. The SMILES string of the molecule is CC(=O)CC(C)C=Cc1ccc(Oc2ccc3nc(C(F)(F)F)sc3c2Cl)nc1. The molecule has 3 aromatic rings. The lowest BCUT2D eigenvalue weighted by molar-refractivity contribution is -0.137. The number of hydrogen-bond acceptors (Lipinski definition) is 5. The molecule has 0 aliphatic rings. The Morgan fingerprint density at radius 1 is 1.31 bits per heavy atom. The molecule has 0 aliphatic carbocycles. The monoisotopic (exact) mass is 440 g/mol. The summed E-state index contributed by atoms with van der Waals surface area (Å²) in [4.78, 5) is 18.9. The number of fused-ring (bicyclic) bond motifs is 1. The Bertz CT molecular complexity index is 1060. The van der Waals surface area contributed by atoms with Crippen molar-refractivity contribution >= 4 is 45.0 Å². The Balaban J connectivity index is 1.76. The van der Waals surface area contributed by atoms with Crippen molar-refractivity contribution in [3.63, 3.8) is 0 Å². The van der Waals surface area contributed by atoms with Gasteiger partial charge in [-0.25, -0.2) is 9.97 Å². The van der Waals surface area contributed by atoms with Gasteiger partial charge in [0.2, 0.25) is 5.88 Å². The quantitative estimate of drug-likeness (QED) is 0.423. The van der Waals surface area contributed by atoms with Crippen molar-refractivity contribution in [1.29, 1.82) is 0 Å². The largest absolute Gasteiger partial charge is 0.443 e. The Kier molecular flexibility index (Phi) is 6.24. The van der Waals surface area contributed by atoms with E-state index in [-0.39, 0.29) is 38.6 Å². The molecule has 1 atom stereocenters. The van der Waals surface area contributed by atoms with Crippen LogP contribution < -0.4 is 4.74 Å². The van der Waals surface area contributed by atoms with Gasteiger partial charge in [0.15, 0.2) is 5.01 Å². The van der Waals surface area contributed by atoms with Gasteiger partial charge < -0.3 is 9.53 Å². The fraction of sp³-hybridized carbons (Fsp3) is 0.250. The highest BCUT2D eigenvalue weighted by atomic mass is 35.5. The van der Waals surface area contributed by atoms with E-state index in [0.29, 0.717) is 17.8 Å². The Morgan fingerprint density at radius 3 is 2.69 bits per heavy atom. The van der Waals surface area contributed by atoms with Gasteiger partial charge in [-0.05, 0) is 36.6 Å². The van der Waals surface area contributed by atoms with Crippen LogP contribution in [0.5, 0.6) is 11.6 Å². The molecule has 1 unspecified atom stereocenters. The Morgan fingerprint density at radius 2 is 2.07 bits per heavy atom. The van der Waals surface area contributed by atoms with Crippen LogP contribution in [0, 0.1) is 5.92 Å². The zero-order chi connectivity index (χ0) is 21.2. The third-order valence-electron chi connectivity index (χ3n) is 3.90. The molecule has 2 heterocycles. The minimum atomic E-state index is -4.53. The molecule has 0 aliphatic heterocycles. The molecule has 1 aromatic carbocycles. The topological polar surface area (TPSA) is 52.1 Å². The van der Waals surface area contributed by atoms with Crippen molar-refractivity contribution in [3.05, 3.63) is 52.1 Å². The van der Waals surface area contributed by atoms with Gasteiger partial charge >= 0.3 is 6.18 Å². The van der Waals surface area contributed by atoms with Gasteiger partial charge in [-0.15, -0.1) is 11.3 Å². The van der Waals surface area contributed by atoms with Crippen LogP contribution in [0.4, 0.5) is 13.2 Å². The van der Waals surface area contributed by atoms with E-state index in [4.69, 9.17) is 16.3 Å². The number of carbonyl (C=O) groups excluding carboxylic acids is 1. The first-order valence-corrected chi connectivity index (χ1v) is 9.80. The van der Waals surface area contributed by atoms with Crippen molar-refractivity contribution in [1.82, 2.24) is 9.97 Å². The number of pyridine rings is 1. The van der Waals surface area contributed by atoms with E-state index >= 15 is 0 Å². The number of alkyl halides is 3. The maximum atomic E-state index is 12.9. The fourth-order valence-electron chi connectivity index (χ4n) is 2.60. The maximum Gasteiger partial charge on any atom is 0.443 e. The van der Waals surface area contributed by atoms with Crippen molar-refractivity contribution in [2.24, 2.45) is 5.92 Å². The summed E-state index contributed by atoms with van der Waals surface area (Å²) in [6.45, 7) is 3.50. The molecule has 0 saturated carbocycles. The third-order valence-corrected chi connectivity index (χ3v) is 5.53. The van der Waals surface area contributed by atoms with Gasteiger partial charge in [0.1, 0.15) is 16.6 Å². The highest BCUT2D eigenvalue weighted by Crippen LogP contribution is 2.42. The molecule has 9 heteroatoms. The van der Waals surface area contributed by atoms with E-state index in [0.717, 1.165) is 5.56 Å². The maximum absolute atomic E-state index is 12.9. The summed E-state index contributed by atoms with van der Waals surface area (Å²) in [5.41, 5.74) is 0.986. The van der Waals surface area contributed by atoms with Gasteiger partial charge in [-0.1, -0.05) is 30.7 Å². The first kappa shape index (κ1) is 21.3. The Labute approximate surface area is 174 Å². The number of nitrogens with zero attached hydrogens (tertiary/aromatic N) is 2. The zero-order valence-electron chi connectivity index (χ0n) is 15.5.